The molecule has 0 unspecified atom stereocenters. The Kier molecular flexibility index (Phi) is 4.59. The fourth-order valence-corrected chi connectivity index (χ4v) is 2.93. The van der Waals surface area contributed by atoms with Gasteiger partial charge in [0.2, 0.25) is 0 Å². The minimum Gasteiger partial charge on any atom is -0.373 e. The summed E-state index contributed by atoms with van der Waals surface area (Å²) in [4.78, 5) is 7.08. The summed E-state index contributed by atoms with van der Waals surface area (Å²) >= 11 is 0. The van der Waals surface area contributed by atoms with Crippen molar-refractivity contribution in [1.29, 1.82) is 0 Å². The van der Waals surface area contributed by atoms with Gasteiger partial charge in [0, 0.05) is 31.4 Å². The standard InChI is InChI=1S/C15H25N3/c1-12(2)11-18-10-5-4-8-14(18)13-7-6-9-17-15(13)16-3/h6-7,9,12,14H,4-5,8,10-11H2,1-3H3,(H,16,17)/t14-/m1/s1. The highest BCUT2D eigenvalue weighted by atomic mass is 15.2. The average Bonchev–Trinajstić information content (AvgIpc) is 2.39. The summed E-state index contributed by atoms with van der Waals surface area (Å²) in [6.07, 6.45) is 5.79. The number of piperidine rings is 1. The zero-order valence-electron chi connectivity index (χ0n) is 11.8. The number of likely N-dealkylation sites (tertiary alicyclic amines) is 1. The molecule has 0 aromatic carbocycles. The van der Waals surface area contributed by atoms with Crippen LogP contribution in [0.15, 0.2) is 18.3 Å². The Labute approximate surface area is 111 Å². The molecule has 3 nitrogen and oxygen atoms in total. The molecule has 2 heterocycles. The Hall–Kier alpha value is -1.09. The van der Waals surface area contributed by atoms with Crippen LogP contribution in [0.1, 0.15) is 44.7 Å². The van der Waals surface area contributed by atoms with Crippen LogP contribution >= 0.6 is 0 Å². The van der Waals surface area contributed by atoms with E-state index < -0.39 is 0 Å². The maximum Gasteiger partial charge on any atom is 0.130 e. The van der Waals surface area contributed by atoms with Crippen LogP contribution in [-0.2, 0) is 0 Å². The molecule has 1 saturated heterocycles. The van der Waals surface area contributed by atoms with Crippen molar-refractivity contribution in [2.75, 3.05) is 25.5 Å². The molecule has 1 N–H and O–H groups in total. The molecule has 0 spiro atoms. The fraction of sp³-hybridized carbons (Fsp3) is 0.667. The monoisotopic (exact) mass is 247 g/mol. The predicted molar refractivity (Wildman–Crippen MR) is 76.8 cm³/mol. The molecule has 1 aromatic rings. The molecule has 0 amide bonds. The van der Waals surface area contributed by atoms with Gasteiger partial charge in [-0.1, -0.05) is 26.3 Å². The summed E-state index contributed by atoms with van der Waals surface area (Å²) < 4.78 is 0. The Bertz CT molecular complexity index is 376. The molecule has 1 aliphatic heterocycles. The van der Waals surface area contributed by atoms with Crippen LogP contribution in [0.25, 0.3) is 0 Å². The fourth-order valence-electron chi connectivity index (χ4n) is 2.93. The van der Waals surface area contributed by atoms with Gasteiger partial charge in [-0.05, 0) is 31.4 Å². The minimum absolute atomic E-state index is 0.539. The van der Waals surface area contributed by atoms with E-state index in [2.05, 4.69) is 41.2 Å². The van der Waals surface area contributed by atoms with Gasteiger partial charge < -0.3 is 5.32 Å². The summed E-state index contributed by atoms with van der Waals surface area (Å²) in [6.45, 7) is 7.01. The second-order valence-electron chi connectivity index (χ2n) is 5.59. The zero-order valence-corrected chi connectivity index (χ0v) is 11.8. The van der Waals surface area contributed by atoms with Crippen LogP contribution < -0.4 is 5.32 Å². The number of nitrogens with zero attached hydrogens (tertiary/aromatic N) is 2. The normalized spacial score (nSPS) is 21.2. The first-order valence-electron chi connectivity index (χ1n) is 7.09. The van der Waals surface area contributed by atoms with Crippen molar-refractivity contribution < 1.29 is 0 Å². The highest BCUT2D eigenvalue weighted by Gasteiger charge is 2.26. The maximum absolute atomic E-state index is 4.45. The first-order chi connectivity index (χ1) is 8.72. The van der Waals surface area contributed by atoms with Crippen LogP contribution in [0.4, 0.5) is 5.82 Å². The molecule has 0 radical (unpaired) electrons. The Morgan fingerprint density at radius 1 is 1.44 bits per heavy atom. The second-order valence-corrected chi connectivity index (χ2v) is 5.59. The van der Waals surface area contributed by atoms with E-state index in [0.29, 0.717) is 6.04 Å². The minimum atomic E-state index is 0.539. The smallest absolute Gasteiger partial charge is 0.130 e. The van der Waals surface area contributed by atoms with Gasteiger partial charge in [-0.25, -0.2) is 4.98 Å². The van der Waals surface area contributed by atoms with Gasteiger partial charge >= 0.3 is 0 Å². The topological polar surface area (TPSA) is 28.2 Å². The van der Waals surface area contributed by atoms with Crippen molar-refractivity contribution in [3.8, 4) is 0 Å². The first kappa shape index (κ1) is 13.3. The van der Waals surface area contributed by atoms with Crippen molar-refractivity contribution in [3.05, 3.63) is 23.9 Å². The van der Waals surface area contributed by atoms with E-state index in [1.165, 1.54) is 37.9 Å². The molecular formula is C15H25N3. The second kappa shape index (κ2) is 6.19. The third-order valence-corrected chi connectivity index (χ3v) is 3.65. The van der Waals surface area contributed by atoms with Crippen molar-refractivity contribution in [2.45, 2.75) is 39.2 Å². The van der Waals surface area contributed by atoms with E-state index in [1.54, 1.807) is 0 Å². The van der Waals surface area contributed by atoms with Crippen molar-refractivity contribution in [2.24, 2.45) is 5.92 Å². The molecule has 1 aromatic heterocycles. The van der Waals surface area contributed by atoms with E-state index in [4.69, 9.17) is 0 Å². The lowest BCUT2D eigenvalue weighted by Crippen LogP contribution is -2.36. The summed E-state index contributed by atoms with van der Waals surface area (Å²) in [5, 5.41) is 3.23. The molecule has 1 fully saturated rings. The molecule has 18 heavy (non-hydrogen) atoms. The molecule has 100 valence electrons. The predicted octanol–water partition coefficient (Wildman–Crippen LogP) is 3.31. The Balaban J connectivity index is 2.22. The lowest BCUT2D eigenvalue weighted by atomic mass is 9.94. The van der Waals surface area contributed by atoms with Crippen molar-refractivity contribution in [3.63, 3.8) is 0 Å². The highest BCUT2D eigenvalue weighted by molar-refractivity contribution is 5.45. The van der Waals surface area contributed by atoms with E-state index in [9.17, 15) is 0 Å². The summed E-state index contributed by atoms with van der Waals surface area (Å²) in [7, 11) is 1.96. The number of hydrogen-bond donors (Lipinski definition) is 1. The number of pyridine rings is 1. The highest BCUT2D eigenvalue weighted by Crippen LogP contribution is 2.34. The molecule has 1 atom stereocenters. The Morgan fingerprint density at radius 3 is 3.00 bits per heavy atom. The average molecular weight is 247 g/mol. The van der Waals surface area contributed by atoms with Gasteiger partial charge in [-0.15, -0.1) is 0 Å². The molecule has 3 heteroatoms. The third-order valence-electron chi connectivity index (χ3n) is 3.65. The van der Waals surface area contributed by atoms with Crippen LogP contribution in [-0.4, -0.2) is 30.0 Å². The lowest BCUT2D eigenvalue weighted by Gasteiger charge is -2.37. The molecule has 0 aliphatic carbocycles. The maximum atomic E-state index is 4.45. The zero-order chi connectivity index (χ0) is 13.0. The van der Waals surface area contributed by atoms with Crippen molar-refractivity contribution >= 4 is 5.82 Å². The van der Waals surface area contributed by atoms with Gasteiger partial charge in [-0.3, -0.25) is 4.90 Å². The van der Waals surface area contributed by atoms with Gasteiger partial charge in [0.1, 0.15) is 5.82 Å². The number of nitrogens with one attached hydrogen (secondary N) is 1. The number of rotatable bonds is 4. The van der Waals surface area contributed by atoms with Gasteiger partial charge in [-0.2, -0.15) is 0 Å². The quantitative estimate of drug-likeness (QED) is 0.884. The SMILES string of the molecule is CNc1ncccc1[C@H]1CCCCN1CC(C)C. The number of hydrogen-bond acceptors (Lipinski definition) is 3. The van der Waals surface area contributed by atoms with Crippen LogP contribution in [0.3, 0.4) is 0 Å². The number of aromatic nitrogens is 1. The summed E-state index contributed by atoms with van der Waals surface area (Å²) in [6, 6.07) is 4.82. The lowest BCUT2D eigenvalue weighted by molar-refractivity contribution is 0.132. The largest absolute Gasteiger partial charge is 0.373 e. The van der Waals surface area contributed by atoms with Gasteiger partial charge in [0.25, 0.3) is 0 Å². The first-order valence-corrected chi connectivity index (χ1v) is 7.09. The van der Waals surface area contributed by atoms with Gasteiger partial charge in [0.05, 0.1) is 0 Å². The van der Waals surface area contributed by atoms with E-state index >= 15 is 0 Å². The van der Waals surface area contributed by atoms with Crippen LogP contribution in [0.2, 0.25) is 0 Å². The third kappa shape index (κ3) is 3.02. The van der Waals surface area contributed by atoms with E-state index in [1.807, 2.05) is 13.2 Å². The van der Waals surface area contributed by atoms with Crippen LogP contribution in [0.5, 0.6) is 0 Å². The van der Waals surface area contributed by atoms with E-state index in [-0.39, 0.29) is 0 Å². The van der Waals surface area contributed by atoms with Crippen LogP contribution in [0, 0.1) is 5.92 Å². The van der Waals surface area contributed by atoms with Crippen molar-refractivity contribution in [1.82, 2.24) is 9.88 Å². The molecular weight excluding hydrogens is 222 g/mol. The molecule has 2 rings (SSSR count). The van der Waals surface area contributed by atoms with Gasteiger partial charge in [0.15, 0.2) is 0 Å². The summed E-state index contributed by atoms with van der Waals surface area (Å²) in [5.74, 6) is 1.76. The Morgan fingerprint density at radius 2 is 2.28 bits per heavy atom. The molecule has 0 bridgehead atoms. The van der Waals surface area contributed by atoms with E-state index in [0.717, 1.165) is 11.7 Å². The summed E-state index contributed by atoms with van der Waals surface area (Å²) in [5.41, 5.74) is 1.36. The molecule has 1 aliphatic rings. The molecule has 0 saturated carbocycles. The number of anilines is 1.